The molecule has 10 heteroatoms. The molecule has 1 unspecified atom stereocenters. The van der Waals surface area contributed by atoms with Crippen molar-refractivity contribution < 1.29 is 27.8 Å². The van der Waals surface area contributed by atoms with Gasteiger partial charge in [0.05, 0.1) is 11.4 Å². The number of carbonyl (C=O) groups is 2. The summed E-state index contributed by atoms with van der Waals surface area (Å²) >= 11 is 11.1. The van der Waals surface area contributed by atoms with E-state index in [1.54, 1.807) is 13.0 Å². The Kier molecular flexibility index (Phi) is 6.60. The minimum atomic E-state index is -1.08. The second-order valence-electron chi connectivity index (χ2n) is 6.05. The van der Waals surface area contributed by atoms with Gasteiger partial charge in [-0.3, -0.25) is 4.79 Å². The number of fused-ring (bicyclic) bond motifs is 1. The van der Waals surface area contributed by atoms with Gasteiger partial charge in [0.1, 0.15) is 11.5 Å². The van der Waals surface area contributed by atoms with Gasteiger partial charge in [0, 0.05) is 26.6 Å². The predicted molar refractivity (Wildman–Crippen MR) is 110 cm³/mol. The van der Waals surface area contributed by atoms with Crippen molar-refractivity contribution >= 4 is 55.8 Å². The summed E-state index contributed by atoms with van der Waals surface area (Å²) in [5.74, 6) is -4.39. The second kappa shape index (κ2) is 8.81. The maximum absolute atomic E-state index is 14.3. The van der Waals surface area contributed by atoms with Crippen LogP contribution in [-0.2, 0) is 11.3 Å². The molecule has 154 valence electrons. The third-order valence-corrected chi connectivity index (χ3v) is 6.97. The van der Waals surface area contributed by atoms with Gasteiger partial charge < -0.3 is 15.2 Å². The summed E-state index contributed by atoms with van der Waals surface area (Å²) < 4.78 is 39.0. The Morgan fingerprint density at radius 2 is 2.00 bits per heavy atom. The quantitative estimate of drug-likeness (QED) is 0.426. The molecule has 1 aliphatic rings. The van der Waals surface area contributed by atoms with E-state index >= 15 is 0 Å². The van der Waals surface area contributed by atoms with Gasteiger partial charge in [-0.1, -0.05) is 33.6 Å². The average Bonchev–Trinajstić information content (AvgIpc) is 3.05. The molecular formula is C19H15BrClF2NO4S. The van der Waals surface area contributed by atoms with Gasteiger partial charge in [0.25, 0.3) is 0 Å². The Labute approximate surface area is 182 Å². The van der Waals surface area contributed by atoms with E-state index in [4.69, 9.17) is 26.8 Å². The van der Waals surface area contributed by atoms with Gasteiger partial charge in [-0.15, -0.1) is 11.3 Å². The van der Waals surface area contributed by atoms with Crippen molar-refractivity contribution in [2.75, 3.05) is 6.61 Å². The van der Waals surface area contributed by atoms with Crippen molar-refractivity contribution in [3.63, 3.8) is 0 Å². The lowest BCUT2D eigenvalue weighted by atomic mass is 10.0. The number of allylic oxidation sites excluding steroid dienone is 1. The third kappa shape index (κ3) is 4.31. The number of hydrogen-bond donors (Lipinski definition) is 1. The minimum Gasteiger partial charge on any atom is -0.483 e. The number of benzene rings is 1. The van der Waals surface area contributed by atoms with Crippen LogP contribution in [-0.4, -0.2) is 18.5 Å². The number of thiophene rings is 1. The zero-order chi connectivity index (χ0) is 21.3. The van der Waals surface area contributed by atoms with Gasteiger partial charge >= 0.3 is 5.97 Å². The molecule has 2 aromatic rings. The van der Waals surface area contributed by atoms with E-state index in [9.17, 15) is 18.4 Å². The van der Waals surface area contributed by atoms with Crippen molar-refractivity contribution in [1.29, 1.82) is 0 Å². The lowest BCUT2D eigenvalue weighted by Crippen LogP contribution is -2.13. The lowest BCUT2D eigenvalue weighted by molar-refractivity contribution is 0.0529. The zero-order valence-electron chi connectivity index (χ0n) is 15.1. The molecule has 1 heterocycles. The van der Waals surface area contributed by atoms with Crippen LogP contribution in [0.2, 0.25) is 0 Å². The number of hydrogen-bond acceptors (Lipinski definition) is 5. The molecule has 1 atom stereocenters. The first kappa shape index (κ1) is 21.7. The van der Waals surface area contributed by atoms with Crippen molar-refractivity contribution in [3.05, 3.63) is 56.3 Å². The Morgan fingerprint density at radius 1 is 1.34 bits per heavy atom. The van der Waals surface area contributed by atoms with Crippen LogP contribution in [0.5, 0.6) is 5.75 Å². The van der Waals surface area contributed by atoms with E-state index < -0.39 is 29.3 Å². The van der Waals surface area contributed by atoms with Gasteiger partial charge in [0.2, 0.25) is 5.91 Å². The number of halogens is 4. The van der Waals surface area contributed by atoms with Crippen LogP contribution in [0, 0.1) is 11.6 Å². The van der Waals surface area contributed by atoms with Gasteiger partial charge in [0.15, 0.2) is 17.4 Å². The van der Waals surface area contributed by atoms with Crippen molar-refractivity contribution in [2.45, 2.75) is 24.8 Å². The molecule has 29 heavy (non-hydrogen) atoms. The van der Waals surface area contributed by atoms with Crippen molar-refractivity contribution in [2.24, 2.45) is 5.73 Å². The standard InChI is InChI=1S/C19H15BrClF2NO4S/c1-2-27-19(26)16-9(14-11(21)4-3-10(20)17(14)29-16)7-28-15-12(22)5-8(18(24)25)6-13(15)23/h4-6,10H,2-3,7H2,1H3,(H2,24,25). The van der Waals surface area contributed by atoms with Crippen LogP contribution < -0.4 is 10.5 Å². The second-order valence-corrected chi connectivity index (χ2v) is 8.61. The fourth-order valence-corrected chi connectivity index (χ4v) is 5.13. The SMILES string of the molecule is CCOC(=O)c1sc2c(c1COc1c(F)cc(C(N)=O)cc1F)C(Cl)=CCC2Br. The first-order chi connectivity index (χ1) is 13.7. The highest BCUT2D eigenvalue weighted by molar-refractivity contribution is 9.09. The van der Waals surface area contributed by atoms with Crippen LogP contribution in [0.3, 0.4) is 0 Å². The van der Waals surface area contributed by atoms with Crippen molar-refractivity contribution in [1.82, 2.24) is 0 Å². The minimum absolute atomic E-state index is 0.0600. The molecule has 5 nitrogen and oxygen atoms in total. The molecule has 0 fully saturated rings. The monoisotopic (exact) mass is 505 g/mol. The predicted octanol–water partition coefficient (Wildman–Crippen LogP) is 5.30. The summed E-state index contributed by atoms with van der Waals surface area (Å²) in [6.07, 6.45) is 2.42. The summed E-state index contributed by atoms with van der Waals surface area (Å²) in [7, 11) is 0. The molecule has 0 aliphatic heterocycles. The zero-order valence-corrected chi connectivity index (χ0v) is 18.2. The topological polar surface area (TPSA) is 78.6 Å². The number of rotatable bonds is 6. The highest BCUT2D eigenvalue weighted by Gasteiger charge is 2.31. The van der Waals surface area contributed by atoms with E-state index in [0.29, 0.717) is 22.6 Å². The summed E-state index contributed by atoms with van der Waals surface area (Å²) in [4.78, 5) is 24.6. The first-order valence-corrected chi connectivity index (χ1v) is 10.6. The van der Waals surface area contributed by atoms with E-state index in [1.165, 1.54) is 11.3 Å². The molecule has 1 aliphatic carbocycles. The molecule has 0 radical (unpaired) electrons. The summed E-state index contributed by atoms with van der Waals surface area (Å²) in [5, 5.41) is 0.422. The van der Waals surface area contributed by atoms with Crippen LogP contribution >= 0.6 is 38.9 Å². The largest absolute Gasteiger partial charge is 0.483 e. The smallest absolute Gasteiger partial charge is 0.348 e. The number of primary amides is 1. The highest BCUT2D eigenvalue weighted by atomic mass is 79.9. The van der Waals surface area contributed by atoms with E-state index in [-0.39, 0.29) is 28.5 Å². The van der Waals surface area contributed by atoms with Crippen LogP contribution in [0.1, 0.15) is 54.2 Å². The number of alkyl halides is 1. The van der Waals surface area contributed by atoms with Gasteiger partial charge in [-0.25, -0.2) is 13.6 Å². The van der Waals surface area contributed by atoms with Crippen LogP contribution in [0.4, 0.5) is 8.78 Å². The summed E-state index contributed by atoms with van der Waals surface area (Å²) in [6.45, 7) is 1.52. The maximum Gasteiger partial charge on any atom is 0.348 e. The Balaban J connectivity index is 2.00. The van der Waals surface area contributed by atoms with Gasteiger partial charge in [-0.05, 0) is 25.5 Å². The summed E-state index contributed by atoms with van der Waals surface area (Å²) in [6, 6.07) is 1.58. The highest BCUT2D eigenvalue weighted by Crippen LogP contribution is 2.47. The van der Waals surface area contributed by atoms with E-state index in [1.807, 2.05) is 0 Å². The molecule has 0 bridgehead atoms. The average molecular weight is 507 g/mol. The lowest BCUT2D eigenvalue weighted by Gasteiger charge is -2.16. The number of carbonyl (C=O) groups excluding carboxylic acids is 2. The number of nitrogens with two attached hydrogens (primary N) is 1. The molecule has 0 saturated carbocycles. The van der Waals surface area contributed by atoms with Crippen LogP contribution in [0.25, 0.3) is 5.03 Å². The molecule has 1 amide bonds. The fourth-order valence-electron chi connectivity index (χ4n) is 2.87. The molecule has 1 aromatic carbocycles. The number of amides is 1. The van der Waals surface area contributed by atoms with Gasteiger partial charge in [-0.2, -0.15) is 0 Å². The van der Waals surface area contributed by atoms with E-state index in [0.717, 1.165) is 17.0 Å². The Bertz CT molecular complexity index is 1000. The molecule has 0 saturated heterocycles. The Morgan fingerprint density at radius 3 is 2.59 bits per heavy atom. The molecule has 2 N–H and O–H groups in total. The van der Waals surface area contributed by atoms with Crippen molar-refractivity contribution in [3.8, 4) is 5.75 Å². The third-order valence-electron chi connectivity index (χ3n) is 4.17. The number of ether oxygens (including phenoxy) is 2. The molecular weight excluding hydrogens is 492 g/mol. The molecule has 3 rings (SSSR count). The van der Waals surface area contributed by atoms with Crippen LogP contribution in [0.15, 0.2) is 18.2 Å². The maximum atomic E-state index is 14.3. The number of esters is 1. The molecule has 0 spiro atoms. The fraction of sp³-hybridized carbons (Fsp3) is 0.263. The normalized spacial score (nSPS) is 15.5. The Hall–Kier alpha value is -1.97. The molecule has 1 aromatic heterocycles. The first-order valence-electron chi connectivity index (χ1n) is 8.49. The summed E-state index contributed by atoms with van der Waals surface area (Å²) in [5.41, 5.74) is 5.70. The van der Waals surface area contributed by atoms with E-state index in [2.05, 4.69) is 15.9 Å².